The first-order chi connectivity index (χ1) is 31.3. The fraction of sp³-hybridized carbons (Fsp3) is 0.653. The number of aliphatic carboxylic acids is 1. The van der Waals surface area contributed by atoms with Gasteiger partial charge >= 0.3 is 25.7 Å². The highest BCUT2D eigenvalue weighted by atomic mass is 32.2. The van der Waals surface area contributed by atoms with Gasteiger partial charge in [0, 0.05) is 23.8 Å². The molecule has 0 spiro atoms. The van der Waals surface area contributed by atoms with Crippen LogP contribution in [0.5, 0.6) is 0 Å². The van der Waals surface area contributed by atoms with Crippen molar-refractivity contribution < 1.29 is 62.8 Å². The molecule has 0 aromatic heterocycles. The zero-order chi connectivity index (χ0) is 48.2. The first-order valence-corrected chi connectivity index (χ1v) is 26.0. The number of phosphoric acid groups is 1. The van der Waals surface area contributed by atoms with E-state index < -0.39 is 81.8 Å². The van der Waals surface area contributed by atoms with Crippen molar-refractivity contribution >= 4 is 37.5 Å². The molecule has 0 aromatic carbocycles. The monoisotopic (exact) mass is 956 g/mol. The molecule has 0 amide bonds. The van der Waals surface area contributed by atoms with Crippen molar-refractivity contribution in [3.63, 3.8) is 0 Å². The molecular formula is C49H82NO13PS. The highest BCUT2D eigenvalue weighted by Crippen LogP contribution is 2.43. The van der Waals surface area contributed by atoms with E-state index in [0.717, 1.165) is 43.9 Å². The Morgan fingerprint density at radius 3 is 1.88 bits per heavy atom. The number of aliphatic hydroxyl groups excluding tert-OH is 3. The zero-order valence-corrected chi connectivity index (χ0v) is 40.8. The molecule has 0 rings (SSSR count). The van der Waals surface area contributed by atoms with Crippen LogP contribution in [0.25, 0.3) is 0 Å². The number of esters is 2. The number of carboxylic acid groups (broad SMARTS) is 1. The summed E-state index contributed by atoms with van der Waals surface area (Å²) in [5.41, 5.74) is 6.18. The van der Waals surface area contributed by atoms with Crippen molar-refractivity contribution in [1.29, 1.82) is 0 Å². The van der Waals surface area contributed by atoms with Crippen LogP contribution in [0.3, 0.4) is 0 Å². The summed E-state index contributed by atoms with van der Waals surface area (Å²) >= 11 is 1.16. The Balaban J connectivity index is 5.26. The number of carbonyl (C=O) groups is 3. The minimum Gasteiger partial charge on any atom is -0.481 e. The van der Waals surface area contributed by atoms with Gasteiger partial charge in [0.1, 0.15) is 18.8 Å². The molecule has 65 heavy (non-hydrogen) atoms. The largest absolute Gasteiger partial charge is 0.481 e. The normalized spacial score (nSPS) is 15.8. The van der Waals surface area contributed by atoms with Gasteiger partial charge in [-0.25, -0.2) is 4.57 Å². The maximum atomic E-state index is 13.2. The van der Waals surface area contributed by atoms with Crippen LogP contribution in [-0.4, -0.2) is 105 Å². The number of nitrogens with two attached hydrogens (primary N) is 1. The highest BCUT2D eigenvalue weighted by Gasteiger charge is 2.29. The van der Waals surface area contributed by atoms with Gasteiger partial charge in [0.2, 0.25) is 0 Å². The van der Waals surface area contributed by atoms with E-state index in [0.29, 0.717) is 12.8 Å². The number of carboxylic acids is 1. The van der Waals surface area contributed by atoms with Crippen LogP contribution >= 0.6 is 19.6 Å². The van der Waals surface area contributed by atoms with Gasteiger partial charge in [-0.05, 0) is 70.6 Å². The second-order valence-corrected chi connectivity index (χ2v) is 18.3. The van der Waals surface area contributed by atoms with Crippen LogP contribution in [0, 0.1) is 0 Å². The predicted octanol–water partition coefficient (Wildman–Crippen LogP) is 9.54. The topological polar surface area (TPSA) is 232 Å². The number of phosphoric ester groups is 1. The number of rotatable bonds is 43. The molecule has 6 atom stereocenters. The number of aliphatic hydroxyl groups is 3. The van der Waals surface area contributed by atoms with Crippen LogP contribution < -0.4 is 5.73 Å². The lowest BCUT2D eigenvalue weighted by Gasteiger charge is -2.23. The summed E-state index contributed by atoms with van der Waals surface area (Å²) in [4.78, 5) is 46.9. The third kappa shape index (κ3) is 40.9. The number of thioether (sulfide) groups is 1. The SMILES string of the molecule is CCCCC/C=C\C\C=C/C=C/C=C/[C@@H](SC[C@H](N)C(=O)O[C@H](COC(=O)CCC/C=C\C/C=C\C/C=C\CCCCCCCC)COP(=O)(O)OC[C@@H](O)CO)[C@@H](O)CCCC(=O)O. The first kappa shape index (κ1) is 61.9. The summed E-state index contributed by atoms with van der Waals surface area (Å²) in [7, 11) is -4.80. The van der Waals surface area contributed by atoms with Crippen molar-refractivity contribution in [2.45, 2.75) is 172 Å². The predicted molar refractivity (Wildman–Crippen MR) is 261 cm³/mol. The molecule has 16 heteroatoms. The summed E-state index contributed by atoms with van der Waals surface area (Å²) in [5.74, 6) is -2.55. The standard InChI is InChI=1S/C49H82NO13PS/c1-3-5-7-9-11-13-15-17-18-19-20-21-23-25-27-29-31-36-48(56)60-39-43(40-62-64(58,59)61-38-42(52)37-51)63-49(57)44(50)41-65-46(45(53)33-32-35-47(54)55)34-30-28-26-24-22-16-14-12-10-8-6-4-2/h12,14,17-18,20-22,24-28,30,34,42-46,51-53H,3-11,13,15-16,19,23,29,31-33,35-41,50H2,1-2H3,(H,54,55)(H,58,59)/b14-12-,18-17-,21-20-,24-22-,27-25-,28-26+,34-30+/t42-,43+,44-,45-,46+/m0/s1. The minimum atomic E-state index is -4.80. The maximum Gasteiger partial charge on any atom is 0.472 e. The number of hydrogen-bond acceptors (Lipinski definition) is 13. The molecule has 372 valence electrons. The van der Waals surface area contributed by atoms with Gasteiger partial charge in [-0.1, -0.05) is 144 Å². The maximum absolute atomic E-state index is 13.2. The van der Waals surface area contributed by atoms with Crippen LogP contribution in [0.2, 0.25) is 0 Å². The zero-order valence-electron chi connectivity index (χ0n) is 39.1. The molecular weight excluding hydrogens is 874 g/mol. The Morgan fingerprint density at radius 1 is 0.677 bits per heavy atom. The first-order valence-electron chi connectivity index (χ1n) is 23.5. The van der Waals surface area contributed by atoms with E-state index in [1.54, 1.807) is 18.2 Å². The van der Waals surface area contributed by atoms with Gasteiger partial charge in [0.15, 0.2) is 6.10 Å². The van der Waals surface area contributed by atoms with Crippen molar-refractivity contribution in [2.24, 2.45) is 5.73 Å². The van der Waals surface area contributed by atoms with Gasteiger partial charge in [0.25, 0.3) is 0 Å². The molecule has 0 fully saturated rings. The van der Waals surface area contributed by atoms with Crippen LogP contribution in [-0.2, 0) is 37.5 Å². The molecule has 0 aliphatic carbocycles. The van der Waals surface area contributed by atoms with E-state index >= 15 is 0 Å². The number of unbranched alkanes of at least 4 members (excludes halogenated alkanes) is 10. The number of ether oxygens (including phenoxy) is 2. The summed E-state index contributed by atoms with van der Waals surface area (Å²) in [6, 6.07) is -1.25. The molecule has 0 saturated carbocycles. The number of hydrogen-bond donors (Lipinski definition) is 6. The Kier molecular flexibility index (Phi) is 41.4. The van der Waals surface area contributed by atoms with Gasteiger partial charge < -0.3 is 40.5 Å². The summed E-state index contributed by atoms with van der Waals surface area (Å²) in [6.07, 6.45) is 41.8. The average molecular weight is 956 g/mol. The second-order valence-electron chi connectivity index (χ2n) is 15.6. The Bertz CT molecular complexity index is 1480. The van der Waals surface area contributed by atoms with Crippen molar-refractivity contribution in [3.05, 3.63) is 85.1 Å². The van der Waals surface area contributed by atoms with Gasteiger partial charge in [-0.15, -0.1) is 11.8 Å². The molecule has 0 radical (unpaired) electrons. The average Bonchev–Trinajstić information content (AvgIpc) is 3.28. The molecule has 0 aromatic rings. The molecule has 0 saturated heterocycles. The highest BCUT2D eigenvalue weighted by molar-refractivity contribution is 8.00. The van der Waals surface area contributed by atoms with Crippen LogP contribution in [0.1, 0.15) is 142 Å². The molecule has 0 aliphatic heterocycles. The summed E-state index contributed by atoms with van der Waals surface area (Å²) in [6.45, 7) is 1.70. The lowest BCUT2D eigenvalue weighted by Crippen LogP contribution is -2.40. The van der Waals surface area contributed by atoms with Crippen LogP contribution in [0.15, 0.2) is 85.1 Å². The van der Waals surface area contributed by atoms with E-state index in [4.69, 9.17) is 29.9 Å². The van der Waals surface area contributed by atoms with Crippen molar-refractivity contribution in [3.8, 4) is 0 Å². The molecule has 0 heterocycles. The molecule has 1 unspecified atom stereocenters. The Labute approximate surface area is 393 Å². The second kappa shape index (κ2) is 43.5. The van der Waals surface area contributed by atoms with Crippen molar-refractivity contribution in [1.82, 2.24) is 0 Å². The van der Waals surface area contributed by atoms with E-state index in [1.165, 1.54) is 57.8 Å². The smallest absolute Gasteiger partial charge is 0.472 e. The van der Waals surface area contributed by atoms with Gasteiger partial charge in [-0.3, -0.25) is 23.4 Å². The van der Waals surface area contributed by atoms with Gasteiger partial charge in [0.05, 0.1) is 25.9 Å². The fourth-order valence-electron chi connectivity index (χ4n) is 5.73. The third-order valence-electron chi connectivity index (χ3n) is 9.52. The lowest BCUT2D eigenvalue weighted by atomic mass is 10.1. The molecule has 0 aliphatic rings. The Morgan fingerprint density at radius 2 is 1.23 bits per heavy atom. The van der Waals surface area contributed by atoms with Gasteiger partial charge in [-0.2, -0.15) is 0 Å². The van der Waals surface area contributed by atoms with Crippen LogP contribution in [0.4, 0.5) is 0 Å². The number of allylic oxidation sites excluding steroid dienone is 13. The van der Waals surface area contributed by atoms with E-state index in [1.807, 2.05) is 30.4 Å². The quantitative estimate of drug-likeness (QED) is 0.0110. The molecule has 7 N–H and O–H groups in total. The van der Waals surface area contributed by atoms with E-state index in [9.17, 15) is 34.1 Å². The third-order valence-corrected chi connectivity index (χ3v) is 11.9. The Hall–Kier alpha value is -3.11. The lowest BCUT2D eigenvalue weighted by molar-refractivity contribution is -0.161. The minimum absolute atomic E-state index is 0.0360. The number of carbonyl (C=O) groups excluding carboxylic acids is 2. The van der Waals surface area contributed by atoms with E-state index in [-0.39, 0.29) is 31.4 Å². The van der Waals surface area contributed by atoms with Crippen molar-refractivity contribution in [2.75, 3.05) is 32.2 Å². The summed E-state index contributed by atoms with van der Waals surface area (Å²) < 4.78 is 32.8. The summed E-state index contributed by atoms with van der Waals surface area (Å²) in [5, 5.41) is 37.9. The molecule has 14 nitrogen and oxygen atoms in total. The fourth-order valence-corrected chi connectivity index (χ4v) is 7.64. The molecule has 0 bridgehead atoms. The van der Waals surface area contributed by atoms with E-state index in [2.05, 4.69) is 54.8 Å².